The van der Waals surface area contributed by atoms with Crippen LogP contribution in [0, 0.1) is 0 Å². The molecule has 0 radical (unpaired) electrons. The molecule has 1 heterocycles. The third kappa shape index (κ3) is 2.01. The van der Waals surface area contributed by atoms with Crippen LogP contribution in [0.3, 0.4) is 0 Å². The van der Waals surface area contributed by atoms with Crippen molar-refractivity contribution < 1.29 is 10.2 Å². The number of pyridine rings is 1. The maximum Gasteiger partial charge on any atom is 0.113 e. The molecular weight excluding hydrogens is 156 g/mol. The van der Waals surface area contributed by atoms with E-state index in [-0.39, 0.29) is 6.61 Å². The summed E-state index contributed by atoms with van der Waals surface area (Å²) in [6.07, 6.45) is 0.680. The fourth-order valence-electron chi connectivity index (χ4n) is 0.870. The lowest BCUT2D eigenvalue weighted by Gasteiger charge is -2.15. The molecule has 1 aromatic heterocycles. The molecule has 0 aromatic carbocycles. The van der Waals surface area contributed by atoms with Crippen LogP contribution in [0.25, 0.3) is 0 Å². The van der Waals surface area contributed by atoms with Crippen LogP contribution in [0.15, 0.2) is 24.4 Å². The van der Waals surface area contributed by atoms with E-state index in [1.165, 1.54) is 0 Å². The van der Waals surface area contributed by atoms with Crippen LogP contribution in [0.5, 0.6) is 0 Å². The second-order valence-corrected chi connectivity index (χ2v) is 2.55. The Morgan fingerprint density at radius 2 is 2.25 bits per heavy atom. The highest BCUT2D eigenvalue weighted by Crippen LogP contribution is 2.11. The lowest BCUT2D eigenvalue weighted by molar-refractivity contribution is 0.106. The standard InChI is InChI=1S/C8H12N2O2/c9-6(5-11)8(12)7-3-1-2-4-10-7/h1-4,6,8,11-12H,5,9H2/t6-,8-/m0/s1. The van der Waals surface area contributed by atoms with E-state index in [4.69, 9.17) is 10.8 Å². The molecule has 4 nitrogen and oxygen atoms in total. The van der Waals surface area contributed by atoms with Crippen molar-refractivity contribution in [2.24, 2.45) is 5.73 Å². The molecule has 0 aliphatic rings. The highest BCUT2D eigenvalue weighted by Gasteiger charge is 2.16. The second kappa shape index (κ2) is 4.15. The van der Waals surface area contributed by atoms with Crippen LogP contribution < -0.4 is 5.73 Å². The number of hydrogen-bond donors (Lipinski definition) is 3. The summed E-state index contributed by atoms with van der Waals surface area (Å²) in [7, 11) is 0. The van der Waals surface area contributed by atoms with Gasteiger partial charge >= 0.3 is 0 Å². The van der Waals surface area contributed by atoms with Crippen molar-refractivity contribution in [1.82, 2.24) is 4.98 Å². The maximum absolute atomic E-state index is 9.44. The number of aliphatic hydroxyl groups excluding tert-OH is 2. The van der Waals surface area contributed by atoms with Crippen LogP contribution in [0.2, 0.25) is 0 Å². The van der Waals surface area contributed by atoms with Gasteiger partial charge < -0.3 is 15.9 Å². The normalized spacial score (nSPS) is 15.6. The largest absolute Gasteiger partial charge is 0.395 e. The Labute approximate surface area is 70.7 Å². The molecule has 0 saturated carbocycles. The van der Waals surface area contributed by atoms with Crippen LogP contribution in [0.1, 0.15) is 11.8 Å². The average molecular weight is 168 g/mol. The number of nitrogens with zero attached hydrogens (tertiary/aromatic N) is 1. The monoisotopic (exact) mass is 168 g/mol. The molecule has 66 valence electrons. The van der Waals surface area contributed by atoms with Gasteiger partial charge in [-0.05, 0) is 12.1 Å². The summed E-state index contributed by atoms with van der Waals surface area (Å²) in [6, 6.07) is 4.51. The van der Waals surface area contributed by atoms with E-state index in [9.17, 15) is 5.11 Å². The van der Waals surface area contributed by atoms with Gasteiger partial charge in [0.15, 0.2) is 0 Å². The lowest BCUT2D eigenvalue weighted by Crippen LogP contribution is -2.32. The first-order valence-electron chi connectivity index (χ1n) is 3.71. The molecule has 1 rings (SSSR count). The van der Waals surface area contributed by atoms with E-state index in [1.807, 2.05) is 0 Å². The Kier molecular flexibility index (Phi) is 3.16. The molecule has 0 saturated heterocycles. The van der Waals surface area contributed by atoms with Gasteiger partial charge in [0, 0.05) is 6.20 Å². The molecule has 0 fully saturated rings. The quantitative estimate of drug-likeness (QED) is 0.565. The van der Waals surface area contributed by atoms with Gasteiger partial charge in [-0.25, -0.2) is 0 Å². The van der Waals surface area contributed by atoms with Gasteiger partial charge in [-0.1, -0.05) is 6.07 Å². The highest BCUT2D eigenvalue weighted by molar-refractivity contribution is 5.08. The van der Waals surface area contributed by atoms with Crippen molar-refractivity contribution in [3.05, 3.63) is 30.1 Å². The summed E-state index contributed by atoms with van der Waals surface area (Å²) in [5.74, 6) is 0. The summed E-state index contributed by atoms with van der Waals surface area (Å²) in [4.78, 5) is 3.91. The minimum Gasteiger partial charge on any atom is -0.395 e. The van der Waals surface area contributed by atoms with Crippen molar-refractivity contribution in [3.63, 3.8) is 0 Å². The first-order valence-corrected chi connectivity index (χ1v) is 3.71. The van der Waals surface area contributed by atoms with Gasteiger partial charge in [0.25, 0.3) is 0 Å². The van der Waals surface area contributed by atoms with Gasteiger partial charge in [-0.15, -0.1) is 0 Å². The van der Waals surface area contributed by atoms with Crippen LogP contribution in [-0.4, -0.2) is 27.8 Å². The summed E-state index contributed by atoms with van der Waals surface area (Å²) in [5, 5.41) is 18.1. The zero-order valence-corrected chi connectivity index (χ0v) is 6.59. The zero-order valence-electron chi connectivity index (χ0n) is 6.59. The van der Waals surface area contributed by atoms with Gasteiger partial charge in [0.2, 0.25) is 0 Å². The topological polar surface area (TPSA) is 79.4 Å². The third-order valence-electron chi connectivity index (χ3n) is 1.61. The fourth-order valence-corrected chi connectivity index (χ4v) is 0.870. The Morgan fingerprint density at radius 3 is 2.75 bits per heavy atom. The summed E-state index contributed by atoms with van der Waals surface area (Å²) in [6.45, 7) is -0.252. The van der Waals surface area contributed by atoms with Gasteiger partial charge in [-0.3, -0.25) is 4.98 Å². The molecule has 0 aliphatic carbocycles. The summed E-state index contributed by atoms with van der Waals surface area (Å²) in [5.41, 5.74) is 5.89. The molecule has 1 aromatic rings. The number of hydrogen-bond acceptors (Lipinski definition) is 4. The molecular formula is C8H12N2O2. The molecule has 0 spiro atoms. The Balaban J connectivity index is 2.71. The van der Waals surface area contributed by atoms with E-state index in [0.29, 0.717) is 5.69 Å². The molecule has 2 atom stereocenters. The minimum atomic E-state index is -0.892. The minimum absolute atomic E-state index is 0.252. The third-order valence-corrected chi connectivity index (χ3v) is 1.61. The second-order valence-electron chi connectivity index (χ2n) is 2.55. The first-order chi connectivity index (χ1) is 5.75. The predicted octanol–water partition coefficient (Wildman–Crippen LogP) is -0.565. The summed E-state index contributed by atoms with van der Waals surface area (Å²) < 4.78 is 0. The molecule has 0 amide bonds. The van der Waals surface area contributed by atoms with E-state index in [1.54, 1.807) is 24.4 Å². The number of rotatable bonds is 3. The Hall–Kier alpha value is -0.970. The maximum atomic E-state index is 9.44. The molecule has 0 bridgehead atoms. The Morgan fingerprint density at radius 1 is 1.50 bits per heavy atom. The SMILES string of the molecule is N[C@@H](CO)[C@H](O)c1ccccn1. The van der Waals surface area contributed by atoms with Gasteiger partial charge in [0.1, 0.15) is 6.10 Å². The molecule has 12 heavy (non-hydrogen) atoms. The molecule has 0 unspecified atom stereocenters. The molecule has 0 aliphatic heterocycles. The molecule has 4 N–H and O–H groups in total. The van der Waals surface area contributed by atoms with E-state index in [2.05, 4.69) is 4.98 Å². The van der Waals surface area contributed by atoms with Crippen LogP contribution in [-0.2, 0) is 0 Å². The average Bonchev–Trinajstić information content (AvgIpc) is 2.17. The van der Waals surface area contributed by atoms with Crippen molar-refractivity contribution in [2.45, 2.75) is 12.1 Å². The fraction of sp³-hybridized carbons (Fsp3) is 0.375. The van der Waals surface area contributed by atoms with E-state index < -0.39 is 12.1 Å². The van der Waals surface area contributed by atoms with Crippen molar-refractivity contribution in [2.75, 3.05) is 6.61 Å². The van der Waals surface area contributed by atoms with Crippen molar-refractivity contribution >= 4 is 0 Å². The number of aromatic nitrogens is 1. The van der Waals surface area contributed by atoms with Gasteiger partial charge in [0.05, 0.1) is 18.3 Å². The number of nitrogens with two attached hydrogens (primary N) is 1. The predicted molar refractivity (Wildman–Crippen MR) is 44.3 cm³/mol. The van der Waals surface area contributed by atoms with E-state index >= 15 is 0 Å². The molecule has 4 heteroatoms. The van der Waals surface area contributed by atoms with Crippen molar-refractivity contribution in [1.29, 1.82) is 0 Å². The number of aliphatic hydroxyl groups is 2. The highest BCUT2D eigenvalue weighted by atomic mass is 16.3. The van der Waals surface area contributed by atoms with Gasteiger partial charge in [-0.2, -0.15) is 0 Å². The van der Waals surface area contributed by atoms with Crippen molar-refractivity contribution in [3.8, 4) is 0 Å². The smallest absolute Gasteiger partial charge is 0.113 e. The Bertz CT molecular complexity index is 228. The first kappa shape index (κ1) is 9.12. The van der Waals surface area contributed by atoms with E-state index in [0.717, 1.165) is 0 Å². The van der Waals surface area contributed by atoms with Crippen LogP contribution >= 0.6 is 0 Å². The zero-order chi connectivity index (χ0) is 8.97. The summed E-state index contributed by atoms with van der Waals surface area (Å²) >= 11 is 0. The van der Waals surface area contributed by atoms with Crippen LogP contribution in [0.4, 0.5) is 0 Å². The lowest BCUT2D eigenvalue weighted by atomic mass is 10.1.